The largest absolute Gasteiger partial charge is 0.453 e. The average Bonchev–Trinajstić information content (AvgIpc) is 4.02. The maximum absolute atomic E-state index is 13.7. The number of carbonyl (C=O) groups is 4. The van der Waals surface area contributed by atoms with E-state index in [0.29, 0.717) is 37.6 Å². The van der Waals surface area contributed by atoms with Crippen molar-refractivity contribution in [3.63, 3.8) is 0 Å². The summed E-state index contributed by atoms with van der Waals surface area (Å²) in [5, 5.41) is 26.4. The smallest absolute Gasteiger partial charge is 0.407 e. The van der Waals surface area contributed by atoms with Crippen molar-refractivity contribution in [1.29, 1.82) is 0 Å². The molecule has 2 aliphatic heterocycles. The number of likely N-dealkylation sites (tertiary alicyclic amines) is 2. The topological polar surface area (TPSA) is 215 Å². The molecular weight excluding hydrogens is 873 g/mol. The molecule has 2 fully saturated rings. The van der Waals surface area contributed by atoms with E-state index < -0.39 is 47.3 Å². The number of aliphatic hydroxyl groups is 2. The molecule has 4 amide bonds. The molecule has 20 heteroatoms. The van der Waals surface area contributed by atoms with Gasteiger partial charge in [0.25, 0.3) is 0 Å². The molecule has 0 aliphatic carbocycles. The summed E-state index contributed by atoms with van der Waals surface area (Å²) < 4.78 is 9.40. The molecule has 3 aromatic carbocycles. The van der Waals surface area contributed by atoms with Crippen LogP contribution in [0.3, 0.4) is 0 Å². The molecular formula is C42H58N8O8S4. The van der Waals surface area contributed by atoms with Gasteiger partial charge >= 0.3 is 12.2 Å². The number of benzene rings is 3. The Morgan fingerprint density at radius 3 is 1.29 bits per heavy atom. The normalized spacial score (nSPS) is 17.2. The van der Waals surface area contributed by atoms with Gasteiger partial charge in [-0.25, -0.2) is 19.6 Å². The SMILES string of the molecule is COC(=O)N[C@H](C(=O)N1CCC[C@H]1c1nc2ccc(-c3ccc(-c4ccc5nc([C@@H]6CCCN6C(=O)[C@@H](NC(=O)OC)C(C)(C)O)[nH]c5c4)cc3)cc2[nH]1)C(C)(C)O.S.S.S.S. The van der Waals surface area contributed by atoms with Crippen molar-refractivity contribution < 1.29 is 38.9 Å². The number of methoxy groups -OCH3 is 2. The zero-order valence-electron chi connectivity index (χ0n) is 35.5. The second kappa shape index (κ2) is 20.7. The Kier molecular flexibility index (Phi) is 17.3. The number of aromatic nitrogens is 4. The van der Waals surface area contributed by atoms with Crippen molar-refractivity contribution in [1.82, 2.24) is 40.4 Å². The molecule has 7 rings (SSSR count). The van der Waals surface area contributed by atoms with Gasteiger partial charge in [0.15, 0.2) is 0 Å². The molecule has 0 bridgehead atoms. The summed E-state index contributed by atoms with van der Waals surface area (Å²) in [7, 11) is 2.41. The van der Waals surface area contributed by atoms with Crippen LogP contribution in [0.15, 0.2) is 60.7 Å². The predicted octanol–water partition coefficient (Wildman–Crippen LogP) is 5.54. The molecule has 62 heavy (non-hydrogen) atoms. The van der Waals surface area contributed by atoms with Gasteiger partial charge in [0.2, 0.25) is 11.8 Å². The monoisotopic (exact) mass is 930 g/mol. The zero-order chi connectivity index (χ0) is 41.5. The zero-order valence-corrected chi connectivity index (χ0v) is 39.5. The van der Waals surface area contributed by atoms with Crippen LogP contribution < -0.4 is 10.6 Å². The second-order valence-corrected chi connectivity index (χ2v) is 16.1. The number of alkyl carbamates (subject to hydrolysis) is 2. The summed E-state index contributed by atoms with van der Waals surface area (Å²) in [5.41, 5.74) is 4.08. The summed E-state index contributed by atoms with van der Waals surface area (Å²) in [4.78, 5) is 71.2. The van der Waals surface area contributed by atoms with E-state index in [9.17, 15) is 29.4 Å². The molecule has 16 nitrogen and oxygen atoms in total. The van der Waals surface area contributed by atoms with E-state index >= 15 is 0 Å². The van der Waals surface area contributed by atoms with E-state index in [0.717, 1.165) is 57.2 Å². The third-order valence-corrected chi connectivity index (χ3v) is 11.1. The van der Waals surface area contributed by atoms with Crippen molar-refractivity contribution >= 4 is 100 Å². The van der Waals surface area contributed by atoms with Gasteiger partial charge in [0.1, 0.15) is 23.7 Å². The molecule has 0 unspecified atom stereocenters. The van der Waals surface area contributed by atoms with Gasteiger partial charge in [0, 0.05) is 13.1 Å². The number of carbonyl (C=O) groups excluding carboxylic acids is 4. The number of amides is 4. The molecule has 2 aliphatic rings. The number of H-pyrrole nitrogens is 2. The Morgan fingerprint density at radius 1 is 0.629 bits per heavy atom. The fourth-order valence-electron chi connectivity index (χ4n) is 7.98. The molecule has 4 heterocycles. The lowest BCUT2D eigenvalue weighted by molar-refractivity contribution is -0.141. The van der Waals surface area contributed by atoms with Crippen molar-refractivity contribution in [2.45, 2.75) is 88.7 Å². The fourth-order valence-corrected chi connectivity index (χ4v) is 7.98. The summed E-state index contributed by atoms with van der Waals surface area (Å²) in [5.74, 6) is 0.459. The quantitative estimate of drug-likeness (QED) is 0.103. The van der Waals surface area contributed by atoms with Crippen molar-refractivity contribution in [2.24, 2.45) is 0 Å². The highest BCUT2D eigenvalue weighted by atomic mass is 32.1. The molecule has 2 aromatic heterocycles. The fraction of sp³-hybridized carbons (Fsp3) is 0.429. The summed E-state index contributed by atoms with van der Waals surface area (Å²) >= 11 is 0. The lowest BCUT2D eigenvalue weighted by atomic mass is 9.97. The summed E-state index contributed by atoms with van der Waals surface area (Å²) in [6.07, 6.45) is 1.26. The van der Waals surface area contributed by atoms with Gasteiger partial charge in [-0.05, 0) is 99.9 Å². The number of hydrogen-bond donors (Lipinski definition) is 6. The first kappa shape index (κ1) is 51.7. The highest BCUT2D eigenvalue weighted by Crippen LogP contribution is 2.36. The Bertz CT molecular complexity index is 2200. The van der Waals surface area contributed by atoms with Gasteiger partial charge in [-0.3, -0.25) is 9.59 Å². The number of ether oxygens (including phenoxy) is 2. The first-order valence-corrected chi connectivity index (χ1v) is 19.4. The van der Waals surface area contributed by atoms with E-state index in [1.165, 1.54) is 41.9 Å². The molecule has 4 atom stereocenters. The number of rotatable bonds is 10. The number of nitrogens with zero attached hydrogens (tertiary/aromatic N) is 4. The molecule has 338 valence electrons. The first-order valence-electron chi connectivity index (χ1n) is 19.4. The standard InChI is InChI=1S/C42H50N8O8.4H2S/c1-41(2,55)33(47-39(53)57-5)37(51)49-19-7-9-31(49)35-43-27-17-15-25(21-29(27)45-35)23-11-13-24(14-12-23)26-16-18-28-30(22-26)46-36(44-28)32-10-8-20-50(32)38(52)34(42(3,4)56)48-40(54)58-6;;;;/h11-18,21-22,31-34,55-56H,7-10,19-20H2,1-6H3,(H,43,45)(H,44,46)(H,47,53)(H,48,54);4*1H2/t31-,32-,33+,34+;;;;/m0..../s1. The van der Waals surface area contributed by atoms with Gasteiger partial charge in [-0.2, -0.15) is 54.0 Å². The van der Waals surface area contributed by atoms with E-state index in [1.54, 1.807) is 9.80 Å². The van der Waals surface area contributed by atoms with Crippen LogP contribution in [0.1, 0.15) is 77.1 Å². The molecule has 2 saturated heterocycles. The number of nitrogens with one attached hydrogen (secondary N) is 4. The molecule has 5 aromatic rings. The third kappa shape index (κ3) is 10.8. The summed E-state index contributed by atoms with van der Waals surface area (Å²) in [6, 6.07) is 17.1. The Hall–Kier alpha value is -4.60. The van der Waals surface area contributed by atoms with Crippen molar-refractivity contribution in [3.05, 3.63) is 72.3 Å². The van der Waals surface area contributed by atoms with Gasteiger partial charge in [-0.1, -0.05) is 36.4 Å². The van der Waals surface area contributed by atoms with E-state index in [4.69, 9.17) is 19.4 Å². The Morgan fingerprint density at radius 2 is 0.968 bits per heavy atom. The number of imidazole rings is 2. The minimum absolute atomic E-state index is 0. The highest BCUT2D eigenvalue weighted by molar-refractivity contribution is 7.59. The van der Waals surface area contributed by atoms with Crippen LogP contribution in [-0.2, 0) is 19.1 Å². The average molecular weight is 931 g/mol. The van der Waals surface area contributed by atoms with Gasteiger partial charge in [0.05, 0.1) is 59.6 Å². The van der Waals surface area contributed by atoms with E-state index in [2.05, 4.69) is 44.9 Å². The minimum atomic E-state index is -1.52. The van der Waals surface area contributed by atoms with Crippen LogP contribution in [0.2, 0.25) is 0 Å². The molecule has 0 spiro atoms. The second-order valence-electron chi connectivity index (χ2n) is 16.1. The Balaban J connectivity index is 0.00000256. The van der Waals surface area contributed by atoms with Crippen LogP contribution in [0, 0.1) is 0 Å². The lowest BCUT2D eigenvalue weighted by Crippen LogP contribution is -2.58. The van der Waals surface area contributed by atoms with Crippen LogP contribution >= 0.6 is 54.0 Å². The van der Waals surface area contributed by atoms with Crippen molar-refractivity contribution in [2.75, 3.05) is 27.3 Å². The van der Waals surface area contributed by atoms with E-state index in [-0.39, 0.29) is 66.1 Å². The van der Waals surface area contributed by atoms with Crippen LogP contribution in [0.5, 0.6) is 0 Å². The van der Waals surface area contributed by atoms with E-state index in [1.807, 2.05) is 36.4 Å². The third-order valence-electron chi connectivity index (χ3n) is 11.1. The molecule has 6 N–H and O–H groups in total. The van der Waals surface area contributed by atoms with Gasteiger partial charge in [-0.15, -0.1) is 0 Å². The molecule has 0 saturated carbocycles. The number of hydrogen-bond acceptors (Lipinski definition) is 10. The van der Waals surface area contributed by atoms with Crippen LogP contribution in [0.4, 0.5) is 9.59 Å². The van der Waals surface area contributed by atoms with Gasteiger partial charge < -0.3 is 50.1 Å². The lowest BCUT2D eigenvalue weighted by Gasteiger charge is -2.34. The van der Waals surface area contributed by atoms with Crippen LogP contribution in [-0.4, -0.2) is 115 Å². The highest BCUT2D eigenvalue weighted by Gasteiger charge is 2.44. The van der Waals surface area contributed by atoms with Crippen molar-refractivity contribution in [3.8, 4) is 22.3 Å². The first-order chi connectivity index (χ1) is 27.5. The number of aromatic amines is 2. The number of fused-ring (bicyclic) bond motifs is 2. The maximum Gasteiger partial charge on any atom is 0.407 e. The Labute approximate surface area is 388 Å². The maximum atomic E-state index is 13.7. The predicted molar refractivity (Wildman–Crippen MR) is 257 cm³/mol. The molecule has 0 radical (unpaired) electrons. The summed E-state index contributed by atoms with van der Waals surface area (Å²) in [6.45, 7) is 6.82. The minimum Gasteiger partial charge on any atom is -0.453 e. The van der Waals surface area contributed by atoms with Crippen LogP contribution in [0.25, 0.3) is 44.3 Å².